The number of aromatic nitrogens is 2. The number of hydrogen-bond acceptors (Lipinski definition) is 5. The van der Waals surface area contributed by atoms with Crippen LogP contribution in [0.5, 0.6) is 11.5 Å². The van der Waals surface area contributed by atoms with Gasteiger partial charge in [0, 0.05) is 23.4 Å². The normalized spacial score (nSPS) is 20.4. The number of hydrogen-bond donors (Lipinski definition) is 2. The Hall–Kier alpha value is -2.94. The molecule has 1 heterocycles. The van der Waals surface area contributed by atoms with E-state index in [2.05, 4.69) is 35.4 Å². The molecule has 2 aromatic carbocycles. The molecule has 2 N–H and O–H groups in total. The highest BCUT2D eigenvalue weighted by Crippen LogP contribution is 2.46. The fraction of sp³-hybridized carbons (Fsp3) is 0.480. The van der Waals surface area contributed by atoms with Gasteiger partial charge in [-0.15, -0.1) is 13.2 Å². The summed E-state index contributed by atoms with van der Waals surface area (Å²) in [6, 6.07) is 9.46. The zero-order valence-corrected chi connectivity index (χ0v) is 19.7. The van der Waals surface area contributed by atoms with E-state index in [4.69, 9.17) is 9.72 Å². The van der Waals surface area contributed by atoms with Crippen molar-refractivity contribution < 1.29 is 27.8 Å². The van der Waals surface area contributed by atoms with Crippen LogP contribution >= 0.6 is 0 Å². The molecule has 34 heavy (non-hydrogen) atoms. The average Bonchev–Trinajstić information content (AvgIpc) is 3.08. The van der Waals surface area contributed by atoms with E-state index in [1.807, 2.05) is 12.1 Å². The Labute approximate surface area is 196 Å². The lowest BCUT2D eigenvalue weighted by Gasteiger charge is -2.40. The van der Waals surface area contributed by atoms with Crippen molar-refractivity contribution in [2.45, 2.75) is 59.0 Å². The van der Waals surface area contributed by atoms with Crippen LogP contribution in [0, 0.1) is 11.3 Å². The number of aliphatic hydroxyl groups excluding tert-OH is 1. The van der Waals surface area contributed by atoms with Crippen LogP contribution in [0.1, 0.15) is 51.6 Å². The van der Waals surface area contributed by atoms with Gasteiger partial charge < -0.3 is 24.5 Å². The van der Waals surface area contributed by atoms with Crippen molar-refractivity contribution in [3.8, 4) is 11.5 Å². The zero-order chi connectivity index (χ0) is 24.7. The number of methoxy groups -OCH3 is 1. The molecule has 1 saturated carbocycles. The highest BCUT2D eigenvalue weighted by atomic mass is 19.4. The summed E-state index contributed by atoms with van der Waals surface area (Å²) in [4.78, 5) is 4.80. The second kappa shape index (κ2) is 9.02. The molecule has 1 aliphatic rings. The maximum atomic E-state index is 12.5. The predicted molar refractivity (Wildman–Crippen MR) is 124 cm³/mol. The van der Waals surface area contributed by atoms with E-state index in [0.717, 1.165) is 24.8 Å². The van der Waals surface area contributed by atoms with Gasteiger partial charge >= 0.3 is 6.36 Å². The summed E-state index contributed by atoms with van der Waals surface area (Å²) in [6.45, 7) is 6.62. The number of aliphatic hydroxyl groups is 1. The number of halogens is 3. The first kappa shape index (κ1) is 24.2. The van der Waals surface area contributed by atoms with Crippen LogP contribution in [-0.2, 0) is 6.61 Å². The fourth-order valence-electron chi connectivity index (χ4n) is 5.30. The highest BCUT2D eigenvalue weighted by Gasteiger charge is 2.35. The molecule has 0 saturated heterocycles. The smallest absolute Gasteiger partial charge is 0.496 e. The van der Waals surface area contributed by atoms with E-state index in [9.17, 15) is 18.3 Å². The maximum absolute atomic E-state index is 12.5. The molecule has 1 aliphatic carbocycles. The minimum Gasteiger partial charge on any atom is -0.496 e. The minimum atomic E-state index is -4.74. The molecule has 6 nitrogen and oxygen atoms in total. The molecule has 0 bridgehead atoms. The molecular weight excluding hydrogens is 447 g/mol. The van der Waals surface area contributed by atoms with Crippen molar-refractivity contribution in [3.63, 3.8) is 0 Å². The van der Waals surface area contributed by atoms with Crippen LogP contribution in [0.2, 0.25) is 0 Å². The number of nitrogens with zero attached hydrogens (tertiary/aromatic N) is 2. The molecule has 3 aromatic rings. The molecule has 1 aromatic heterocycles. The van der Waals surface area contributed by atoms with Crippen LogP contribution in [-0.4, -0.2) is 28.1 Å². The van der Waals surface area contributed by atoms with Gasteiger partial charge in [-0.25, -0.2) is 4.98 Å². The minimum absolute atomic E-state index is 0.155. The Morgan fingerprint density at radius 3 is 2.47 bits per heavy atom. The summed E-state index contributed by atoms with van der Waals surface area (Å²) < 4.78 is 49.2. The molecule has 1 fully saturated rings. The Morgan fingerprint density at radius 2 is 1.88 bits per heavy atom. The van der Waals surface area contributed by atoms with Gasteiger partial charge in [-0.1, -0.05) is 20.8 Å². The number of fused-ring (bicyclic) bond motifs is 1. The molecule has 2 atom stereocenters. The maximum Gasteiger partial charge on any atom is 0.573 e. The highest BCUT2D eigenvalue weighted by molar-refractivity contribution is 5.82. The summed E-state index contributed by atoms with van der Waals surface area (Å²) in [5.41, 5.74) is 2.96. The first-order chi connectivity index (χ1) is 16.0. The fourth-order valence-corrected chi connectivity index (χ4v) is 5.30. The average molecular weight is 478 g/mol. The van der Waals surface area contributed by atoms with E-state index in [-0.39, 0.29) is 23.8 Å². The predicted octanol–water partition coefficient (Wildman–Crippen LogP) is 6.57. The van der Waals surface area contributed by atoms with Gasteiger partial charge in [0.25, 0.3) is 0 Å². The molecule has 0 amide bonds. The number of alkyl halides is 3. The van der Waals surface area contributed by atoms with Crippen molar-refractivity contribution in [1.29, 1.82) is 0 Å². The van der Waals surface area contributed by atoms with Crippen LogP contribution in [0.25, 0.3) is 11.0 Å². The van der Waals surface area contributed by atoms with Gasteiger partial charge in [0.05, 0.1) is 24.8 Å². The van der Waals surface area contributed by atoms with E-state index in [1.54, 1.807) is 7.11 Å². The van der Waals surface area contributed by atoms with Crippen molar-refractivity contribution in [2.24, 2.45) is 11.3 Å². The summed E-state index contributed by atoms with van der Waals surface area (Å²) >= 11 is 0. The Morgan fingerprint density at radius 1 is 1.18 bits per heavy atom. The topological polar surface area (TPSA) is 68.5 Å². The van der Waals surface area contributed by atoms with Crippen LogP contribution < -0.4 is 14.8 Å². The van der Waals surface area contributed by atoms with Crippen LogP contribution in [0.4, 0.5) is 24.8 Å². The number of benzene rings is 2. The van der Waals surface area contributed by atoms with Crippen molar-refractivity contribution >= 4 is 22.7 Å². The summed E-state index contributed by atoms with van der Waals surface area (Å²) in [5, 5.41) is 13.0. The first-order valence-corrected chi connectivity index (χ1v) is 11.3. The Balaban J connectivity index is 1.76. The number of imidazole rings is 1. The van der Waals surface area contributed by atoms with Crippen LogP contribution in [0.15, 0.2) is 36.4 Å². The lowest BCUT2D eigenvalue weighted by molar-refractivity contribution is -0.274. The molecular formula is C25H30F3N3O3. The Bertz CT molecular complexity index is 1160. The van der Waals surface area contributed by atoms with E-state index in [1.165, 1.54) is 24.3 Å². The second-order valence-electron chi connectivity index (χ2n) is 9.88. The number of ether oxygens (including phenoxy) is 2. The first-order valence-electron chi connectivity index (χ1n) is 11.3. The van der Waals surface area contributed by atoms with Gasteiger partial charge in [0.15, 0.2) is 0 Å². The quantitative estimate of drug-likeness (QED) is 0.420. The molecule has 0 aliphatic heterocycles. The molecule has 2 unspecified atom stereocenters. The molecule has 0 radical (unpaired) electrons. The van der Waals surface area contributed by atoms with Crippen molar-refractivity contribution in [3.05, 3.63) is 42.0 Å². The third-order valence-electron chi connectivity index (χ3n) is 6.33. The molecule has 0 spiro atoms. The third kappa shape index (κ3) is 5.24. The molecule has 4 rings (SSSR count). The third-order valence-corrected chi connectivity index (χ3v) is 6.33. The van der Waals surface area contributed by atoms with Gasteiger partial charge in [-0.05, 0) is 60.9 Å². The monoisotopic (exact) mass is 477 g/mol. The number of rotatable bonds is 6. The Kier molecular flexibility index (Phi) is 6.42. The number of anilines is 2. The lowest BCUT2D eigenvalue weighted by Crippen LogP contribution is -2.29. The van der Waals surface area contributed by atoms with Gasteiger partial charge in [-0.3, -0.25) is 0 Å². The summed E-state index contributed by atoms with van der Waals surface area (Å²) in [6.07, 6.45) is -1.67. The largest absolute Gasteiger partial charge is 0.573 e. The molecule has 184 valence electrons. The van der Waals surface area contributed by atoms with E-state index < -0.39 is 6.36 Å². The SMILES string of the molecule is COc1cc2c(cc1CO)nc(Nc1ccc(OC(F)(F)F)cc1)n2C1CC(C)CC(C)(C)C1. The van der Waals surface area contributed by atoms with Gasteiger partial charge in [0.2, 0.25) is 5.95 Å². The van der Waals surface area contributed by atoms with Crippen molar-refractivity contribution in [1.82, 2.24) is 9.55 Å². The summed E-state index contributed by atoms with van der Waals surface area (Å²) in [5.74, 6) is 1.41. The van der Waals surface area contributed by atoms with E-state index in [0.29, 0.717) is 34.4 Å². The molecule has 9 heteroatoms. The van der Waals surface area contributed by atoms with Gasteiger partial charge in [-0.2, -0.15) is 0 Å². The van der Waals surface area contributed by atoms with E-state index >= 15 is 0 Å². The number of nitrogens with one attached hydrogen (secondary N) is 1. The van der Waals surface area contributed by atoms with Gasteiger partial charge in [0.1, 0.15) is 11.5 Å². The van der Waals surface area contributed by atoms with Crippen LogP contribution in [0.3, 0.4) is 0 Å². The standard InChI is InChI=1S/C25H30F3N3O3/c1-15-9-18(13-24(2,3)12-15)31-21-11-22(33-4)16(14-32)10-20(21)30-23(31)29-17-5-7-19(8-6-17)34-25(26,27)28/h5-8,10-11,15,18,32H,9,12-14H2,1-4H3,(H,29,30). The lowest BCUT2D eigenvalue weighted by atomic mass is 9.70. The summed E-state index contributed by atoms with van der Waals surface area (Å²) in [7, 11) is 1.57. The second-order valence-corrected chi connectivity index (χ2v) is 9.88. The van der Waals surface area contributed by atoms with Crippen molar-refractivity contribution in [2.75, 3.05) is 12.4 Å². The zero-order valence-electron chi connectivity index (χ0n) is 19.7.